The molecule has 2 heterocycles. The molecule has 0 atom stereocenters. The molecule has 2 rings (SSSR count). The van der Waals surface area contributed by atoms with Gasteiger partial charge in [-0.1, -0.05) is 0 Å². The third-order valence-corrected chi connectivity index (χ3v) is 4.79. The van der Waals surface area contributed by atoms with E-state index in [4.69, 9.17) is 10.5 Å². The zero-order valence-electron chi connectivity index (χ0n) is 10.9. The van der Waals surface area contributed by atoms with Crippen LogP contribution in [-0.2, 0) is 9.84 Å². The van der Waals surface area contributed by atoms with Gasteiger partial charge >= 0.3 is 0 Å². The molecule has 0 unspecified atom stereocenters. The summed E-state index contributed by atoms with van der Waals surface area (Å²) in [4.78, 5) is 4.28. The van der Waals surface area contributed by atoms with E-state index in [0.717, 1.165) is 0 Å². The van der Waals surface area contributed by atoms with Crippen molar-refractivity contribution in [3.05, 3.63) is 12.1 Å². The second-order valence-corrected chi connectivity index (χ2v) is 6.90. The van der Waals surface area contributed by atoms with Crippen molar-refractivity contribution in [3.8, 4) is 5.88 Å². The number of hydrogen-bond acceptors (Lipinski definition) is 6. The van der Waals surface area contributed by atoms with Crippen molar-refractivity contribution in [1.29, 1.82) is 0 Å². The maximum atomic E-state index is 11.4. The van der Waals surface area contributed by atoms with E-state index in [9.17, 15) is 8.42 Å². The summed E-state index contributed by atoms with van der Waals surface area (Å²) in [6.07, 6.45) is 1.22. The number of nitrogen functional groups attached to an aromatic ring is 1. The molecule has 1 saturated heterocycles. The smallest absolute Gasteiger partial charge is 0.239 e. The molecular formula is C12H19N3O3S. The van der Waals surface area contributed by atoms with Gasteiger partial charge in [-0.05, 0) is 31.9 Å². The van der Waals surface area contributed by atoms with Gasteiger partial charge < -0.3 is 15.8 Å². The summed E-state index contributed by atoms with van der Waals surface area (Å²) in [7, 11) is -2.84. The lowest BCUT2D eigenvalue weighted by molar-refractivity contribution is 0.329. The van der Waals surface area contributed by atoms with E-state index in [-0.39, 0.29) is 17.5 Å². The van der Waals surface area contributed by atoms with Gasteiger partial charge in [-0.3, -0.25) is 0 Å². The van der Waals surface area contributed by atoms with Crippen molar-refractivity contribution < 1.29 is 13.2 Å². The van der Waals surface area contributed by atoms with E-state index in [0.29, 0.717) is 36.8 Å². The van der Waals surface area contributed by atoms with Crippen molar-refractivity contribution in [1.82, 2.24) is 4.98 Å². The lowest BCUT2D eigenvalue weighted by atomic mass is 10.1. The van der Waals surface area contributed by atoms with Crippen LogP contribution in [0.25, 0.3) is 0 Å². The first-order valence-electron chi connectivity index (χ1n) is 6.36. The highest BCUT2D eigenvalue weighted by molar-refractivity contribution is 7.91. The molecular weight excluding hydrogens is 266 g/mol. The number of aromatic nitrogens is 1. The number of anilines is 2. The number of sulfone groups is 1. The maximum Gasteiger partial charge on any atom is 0.239 e. The Hall–Kier alpha value is -1.50. The number of hydrogen-bond donors (Lipinski definition) is 2. The first kappa shape index (κ1) is 13.9. The molecule has 3 N–H and O–H groups in total. The highest BCUT2D eigenvalue weighted by Crippen LogP contribution is 2.23. The van der Waals surface area contributed by atoms with E-state index in [1.165, 1.54) is 0 Å². The van der Waals surface area contributed by atoms with Gasteiger partial charge in [0.05, 0.1) is 23.8 Å². The van der Waals surface area contributed by atoms with Crippen molar-refractivity contribution in [2.45, 2.75) is 25.8 Å². The normalized spacial score (nSPS) is 19.0. The lowest BCUT2D eigenvalue weighted by Crippen LogP contribution is -2.32. The second-order valence-electron chi connectivity index (χ2n) is 4.59. The van der Waals surface area contributed by atoms with Crippen molar-refractivity contribution >= 4 is 21.3 Å². The van der Waals surface area contributed by atoms with Crippen LogP contribution < -0.4 is 15.8 Å². The van der Waals surface area contributed by atoms with E-state index >= 15 is 0 Å². The minimum Gasteiger partial charge on any atom is -0.476 e. The predicted molar refractivity (Wildman–Crippen MR) is 75.1 cm³/mol. The van der Waals surface area contributed by atoms with Gasteiger partial charge in [-0.15, -0.1) is 0 Å². The second kappa shape index (κ2) is 5.64. The Labute approximate surface area is 113 Å². The molecule has 0 amide bonds. The van der Waals surface area contributed by atoms with Crippen LogP contribution in [0.1, 0.15) is 19.8 Å². The minimum absolute atomic E-state index is 0.133. The molecule has 0 radical (unpaired) electrons. The summed E-state index contributed by atoms with van der Waals surface area (Å²) in [6, 6.07) is 3.65. The summed E-state index contributed by atoms with van der Waals surface area (Å²) < 4.78 is 28.0. The van der Waals surface area contributed by atoms with Crippen molar-refractivity contribution in [3.63, 3.8) is 0 Å². The van der Waals surface area contributed by atoms with Gasteiger partial charge in [-0.2, -0.15) is 4.98 Å². The average Bonchev–Trinajstić information content (AvgIpc) is 2.36. The summed E-state index contributed by atoms with van der Waals surface area (Å²) in [5.74, 6) is 1.55. The van der Waals surface area contributed by atoms with Gasteiger partial charge in [0.25, 0.3) is 0 Å². The van der Waals surface area contributed by atoms with E-state index in [1.807, 2.05) is 6.92 Å². The maximum absolute atomic E-state index is 11.4. The molecule has 1 aromatic heterocycles. The fraction of sp³-hybridized carbons (Fsp3) is 0.583. The molecule has 0 saturated carbocycles. The summed E-state index contributed by atoms with van der Waals surface area (Å²) >= 11 is 0. The Balaban J connectivity index is 2.01. The van der Waals surface area contributed by atoms with Crippen LogP contribution in [0.5, 0.6) is 5.88 Å². The van der Waals surface area contributed by atoms with E-state index in [1.54, 1.807) is 12.1 Å². The van der Waals surface area contributed by atoms with Gasteiger partial charge in [0.1, 0.15) is 15.7 Å². The van der Waals surface area contributed by atoms with E-state index < -0.39 is 9.84 Å². The molecule has 6 nitrogen and oxygen atoms in total. The molecule has 0 aliphatic carbocycles. The molecule has 19 heavy (non-hydrogen) atoms. The molecule has 7 heteroatoms. The van der Waals surface area contributed by atoms with Gasteiger partial charge in [-0.25, -0.2) is 8.42 Å². The van der Waals surface area contributed by atoms with Crippen LogP contribution in [0.2, 0.25) is 0 Å². The molecule has 0 spiro atoms. The first-order valence-corrected chi connectivity index (χ1v) is 8.18. The monoisotopic (exact) mass is 285 g/mol. The Kier molecular flexibility index (Phi) is 4.14. The fourth-order valence-corrected chi connectivity index (χ4v) is 3.52. The Morgan fingerprint density at radius 1 is 1.42 bits per heavy atom. The molecule has 106 valence electrons. The molecule has 1 aliphatic rings. The third-order valence-electron chi connectivity index (χ3n) is 3.08. The molecule has 1 aliphatic heterocycles. The SMILES string of the molecule is CCOc1nc(NC2CCS(=O)(=O)CC2)ccc1N. The number of nitrogens with one attached hydrogen (secondary N) is 1. The number of nitrogens with zero attached hydrogens (tertiary/aromatic N) is 1. The molecule has 1 aromatic rings. The van der Waals surface area contributed by atoms with Gasteiger partial charge in [0, 0.05) is 6.04 Å². The van der Waals surface area contributed by atoms with Crippen molar-refractivity contribution in [2.75, 3.05) is 29.2 Å². The van der Waals surface area contributed by atoms with Crippen LogP contribution in [0.15, 0.2) is 12.1 Å². The van der Waals surface area contributed by atoms with Gasteiger partial charge in [0.15, 0.2) is 0 Å². The van der Waals surface area contributed by atoms with Crippen LogP contribution in [0, 0.1) is 0 Å². The largest absolute Gasteiger partial charge is 0.476 e. The quantitative estimate of drug-likeness (QED) is 0.858. The van der Waals surface area contributed by atoms with Crippen LogP contribution >= 0.6 is 0 Å². The topological polar surface area (TPSA) is 94.3 Å². The Morgan fingerprint density at radius 2 is 2.11 bits per heavy atom. The molecule has 1 fully saturated rings. The van der Waals surface area contributed by atoms with Crippen LogP contribution in [0.4, 0.5) is 11.5 Å². The zero-order valence-corrected chi connectivity index (χ0v) is 11.7. The standard InChI is InChI=1S/C12H19N3O3S/c1-2-18-12-10(13)3-4-11(15-12)14-9-5-7-19(16,17)8-6-9/h3-4,9H,2,5-8,13H2,1H3,(H,14,15). The predicted octanol–water partition coefficient (Wildman–Crippen LogP) is 1.05. The average molecular weight is 285 g/mol. The van der Waals surface area contributed by atoms with Crippen LogP contribution in [0.3, 0.4) is 0 Å². The van der Waals surface area contributed by atoms with E-state index in [2.05, 4.69) is 10.3 Å². The lowest BCUT2D eigenvalue weighted by Gasteiger charge is -2.23. The van der Waals surface area contributed by atoms with Crippen LogP contribution in [-0.4, -0.2) is 37.6 Å². The minimum atomic E-state index is -2.84. The Morgan fingerprint density at radius 3 is 2.74 bits per heavy atom. The zero-order chi connectivity index (χ0) is 13.9. The fourth-order valence-electron chi connectivity index (χ4n) is 2.03. The Bertz CT molecular complexity index is 531. The number of rotatable bonds is 4. The van der Waals surface area contributed by atoms with Crippen molar-refractivity contribution in [2.24, 2.45) is 0 Å². The number of pyridine rings is 1. The van der Waals surface area contributed by atoms with Gasteiger partial charge in [0.2, 0.25) is 5.88 Å². The molecule has 0 aromatic carbocycles. The summed E-state index contributed by atoms with van der Waals surface area (Å²) in [6.45, 7) is 2.37. The summed E-state index contributed by atoms with van der Waals surface area (Å²) in [5, 5.41) is 3.23. The molecule has 0 bridgehead atoms. The summed E-state index contributed by atoms with van der Waals surface area (Å²) in [5.41, 5.74) is 6.25. The highest BCUT2D eigenvalue weighted by Gasteiger charge is 2.23. The number of nitrogens with two attached hydrogens (primary N) is 1. The third kappa shape index (κ3) is 3.73. The first-order chi connectivity index (χ1) is 9.00. The number of ether oxygens (including phenoxy) is 1. The highest BCUT2D eigenvalue weighted by atomic mass is 32.2.